The van der Waals surface area contributed by atoms with Crippen molar-refractivity contribution in [2.24, 2.45) is 0 Å². The summed E-state index contributed by atoms with van der Waals surface area (Å²) in [6.07, 6.45) is 7.26. The zero-order valence-electron chi connectivity index (χ0n) is 9.69. The zero-order chi connectivity index (χ0) is 11.8. The lowest BCUT2D eigenvalue weighted by molar-refractivity contribution is 0.160. The highest BCUT2D eigenvalue weighted by atomic mass is 35.5. The fourth-order valence-electron chi connectivity index (χ4n) is 1.60. The normalized spacial score (nSPS) is 20.4. The summed E-state index contributed by atoms with van der Waals surface area (Å²) >= 11 is 11.5. The average Bonchev–Trinajstić information content (AvgIpc) is 2.50. The van der Waals surface area contributed by atoms with E-state index in [-0.39, 0.29) is 10.6 Å². The summed E-state index contributed by atoms with van der Waals surface area (Å²) in [7, 11) is 0. The zero-order valence-corrected chi connectivity index (χ0v) is 11.2. The summed E-state index contributed by atoms with van der Waals surface area (Å²) in [5.41, 5.74) is 0. The smallest absolute Gasteiger partial charge is 0.158 e. The van der Waals surface area contributed by atoms with Gasteiger partial charge in [-0.2, -0.15) is 0 Å². The Balaban J connectivity index is 2.51. The van der Waals surface area contributed by atoms with Crippen LogP contribution in [0, 0.1) is 11.8 Å². The molecule has 1 atom stereocenters. The lowest BCUT2D eigenvalue weighted by atomic mass is 10.1. The quantitative estimate of drug-likeness (QED) is 0.513. The van der Waals surface area contributed by atoms with Crippen molar-refractivity contribution in [1.29, 1.82) is 0 Å². The van der Waals surface area contributed by atoms with Crippen LogP contribution in [-0.2, 0) is 4.74 Å². The molecule has 0 aromatic rings. The van der Waals surface area contributed by atoms with Gasteiger partial charge in [-0.3, -0.25) is 0 Å². The second-order valence-corrected chi connectivity index (χ2v) is 4.91. The van der Waals surface area contributed by atoms with Gasteiger partial charge >= 0.3 is 0 Å². The minimum atomic E-state index is -0.0261. The van der Waals surface area contributed by atoms with Crippen molar-refractivity contribution in [2.45, 2.75) is 58.0 Å². The van der Waals surface area contributed by atoms with Crippen molar-refractivity contribution in [2.75, 3.05) is 0 Å². The number of hydrogen-bond donors (Lipinski definition) is 0. The van der Waals surface area contributed by atoms with E-state index < -0.39 is 0 Å². The second kappa shape index (κ2) is 7.87. The van der Waals surface area contributed by atoms with Gasteiger partial charge in [-0.15, -0.1) is 0 Å². The van der Waals surface area contributed by atoms with Crippen LogP contribution >= 0.6 is 23.2 Å². The average molecular weight is 261 g/mol. The van der Waals surface area contributed by atoms with E-state index in [0.717, 1.165) is 38.5 Å². The van der Waals surface area contributed by atoms with Crippen LogP contribution in [0.5, 0.6) is 0 Å². The van der Waals surface area contributed by atoms with Crippen LogP contribution < -0.4 is 0 Å². The molecule has 0 aromatic heterocycles. The molecule has 1 aliphatic rings. The first-order valence-corrected chi connectivity index (χ1v) is 6.68. The van der Waals surface area contributed by atoms with Gasteiger partial charge in [0.1, 0.15) is 10.3 Å². The highest BCUT2D eigenvalue weighted by Gasteiger charge is 2.16. The molecule has 16 heavy (non-hydrogen) atoms. The van der Waals surface area contributed by atoms with E-state index in [2.05, 4.69) is 18.8 Å². The number of ether oxygens (including phenoxy) is 1. The Morgan fingerprint density at radius 3 is 2.94 bits per heavy atom. The monoisotopic (exact) mass is 260 g/mol. The molecule has 3 heteroatoms. The van der Waals surface area contributed by atoms with Crippen molar-refractivity contribution in [3.05, 3.63) is 10.3 Å². The van der Waals surface area contributed by atoms with E-state index in [9.17, 15) is 0 Å². The molecule has 0 amide bonds. The molecule has 0 aromatic carbocycles. The van der Waals surface area contributed by atoms with E-state index in [1.165, 1.54) is 6.42 Å². The molecule has 1 unspecified atom stereocenters. The Kier molecular flexibility index (Phi) is 6.76. The number of allylic oxidation sites excluding steroid dienone is 1. The summed E-state index contributed by atoms with van der Waals surface area (Å²) in [6, 6.07) is 0. The maximum atomic E-state index is 5.75. The Hall–Kier alpha value is -0.320. The Morgan fingerprint density at radius 2 is 2.25 bits per heavy atom. The molecule has 1 fully saturated rings. The molecule has 90 valence electrons. The Morgan fingerprint density at radius 1 is 1.44 bits per heavy atom. The molecule has 1 aliphatic heterocycles. The van der Waals surface area contributed by atoms with Crippen molar-refractivity contribution in [3.8, 4) is 11.8 Å². The molecule has 1 heterocycles. The van der Waals surface area contributed by atoms with E-state index in [0.29, 0.717) is 5.76 Å². The lowest BCUT2D eigenvalue weighted by Gasteiger charge is -2.11. The highest BCUT2D eigenvalue weighted by molar-refractivity contribution is 6.56. The van der Waals surface area contributed by atoms with Crippen molar-refractivity contribution >= 4 is 23.2 Å². The molecular weight excluding hydrogens is 243 g/mol. The summed E-state index contributed by atoms with van der Waals surface area (Å²) in [6.45, 7) is 2.16. The first kappa shape index (κ1) is 13.7. The van der Waals surface area contributed by atoms with Gasteiger partial charge in [-0.25, -0.2) is 0 Å². The van der Waals surface area contributed by atoms with Crippen LogP contribution in [0.15, 0.2) is 10.3 Å². The van der Waals surface area contributed by atoms with Crippen molar-refractivity contribution in [1.82, 2.24) is 0 Å². The van der Waals surface area contributed by atoms with E-state index in [4.69, 9.17) is 27.9 Å². The first-order chi connectivity index (χ1) is 7.74. The van der Waals surface area contributed by atoms with Crippen LogP contribution in [-0.4, -0.2) is 6.10 Å². The molecule has 0 aliphatic carbocycles. The van der Waals surface area contributed by atoms with Crippen LogP contribution in [0.25, 0.3) is 0 Å². The van der Waals surface area contributed by atoms with Gasteiger partial charge in [0.05, 0.1) is 0 Å². The molecule has 0 spiro atoms. The standard InChI is InChI=1S/C13H18Cl2O/c1-2-3-4-5-8-11-9-6-7-10-12(16-11)13(14)15/h11H,2-4,6-7,9-10H2,1H3. The van der Waals surface area contributed by atoms with E-state index in [1.54, 1.807) is 0 Å². The fourth-order valence-corrected chi connectivity index (χ4v) is 1.87. The third-order valence-corrected chi connectivity index (χ3v) is 2.96. The van der Waals surface area contributed by atoms with Crippen LogP contribution in [0.3, 0.4) is 0 Å². The number of rotatable bonds is 2. The van der Waals surface area contributed by atoms with Gasteiger partial charge in [0.2, 0.25) is 0 Å². The van der Waals surface area contributed by atoms with Crippen LogP contribution in [0.1, 0.15) is 51.9 Å². The van der Waals surface area contributed by atoms with Gasteiger partial charge in [0.15, 0.2) is 6.10 Å². The predicted molar refractivity (Wildman–Crippen MR) is 69.4 cm³/mol. The summed E-state index contributed by atoms with van der Waals surface area (Å²) in [5, 5.41) is 0. The van der Waals surface area contributed by atoms with Gasteiger partial charge in [-0.05, 0) is 25.7 Å². The first-order valence-electron chi connectivity index (χ1n) is 5.93. The van der Waals surface area contributed by atoms with Gasteiger partial charge < -0.3 is 4.74 Å². The summed E-state index contributed by atoms with van der Waals surface area (Å²) < 4.78 is 5.95. The molecule has 0 radical (unpaired) electrons. The molecule has 1 rings (SSSR count). The van der Waals surface area contributed by atoms with Crippen molar-refractivity contribution < 1.29 is 4.74 Å². The molecular formula is C13H18Cl2O. The minimum absolute atomic E-state index is 0.0261. The number of unbranched alkanes of at least 4 members (excludes halogenated alkanes) is 2. The van der Waals surface area contributed by atoms with E-state index in [1.807, 2.05) is 0 Å². The fraction of sp³-hybridized carbons (Fsp3) is 0.692. The minimum Gasteiger partial charge on any atom is -0.480 e. The molecule has 1 saturated heterocycles. The number of hydrogen-bond acceptors (Lipinski definition) is 1. The summed E-state index contributed by atoms with van der Waals surface area (Å²) in [4.78, 5) is 0. The maximum absolute atomic E-state index is 5.75. The molecule has 0 saturated carbocycles. The third-order valence-electron chi connectivity index (χ3n) is 2.53. The lowest BCUT2D eigenvalue weighted by Crippen LogP contribution is -2.07. The van der Waals surface area contributed by atoms with Crippen LogP contribution in [0.2, 0.25) is 0 Å². The second-order valence-electron chi connectivity index (χ2n) is 3.96. The largest absolute Gasteiger partial charge is 0.480 e. The van der Waals surface area contributed by atoms with E-state index >= 15 is 0 Å². The topological polar surface area (TPSA) is 9.23 Å². The van der Waals surface area contributed by atoms with Gasteiger partial charge in [0, 0.05) is 12.8 Å². The Labute approximate surface area is 108 Å². The SMILES string of the molecule is CCCCC#CC1CCCCC(=C(Cl)Cl)O1. The van der Waals surface area contributed by atoms with Gasteiger partial charge in [0.25, 0.3) is 0 Å². The molecule has 0 bridgehead atoms. The highest BCUT2D eigenvalue weighted by Crippen LogP contribution is 2.26. The van der Waals surface area contributed by atoms with Crippen molar-refractivity contribution in [3.63, 3.8) is 0 Å². The summed E-state index contributed by atoms with van der Waals surface area (Å²) in [5.74, 6) is 7.02. The number of halogens is 2. The molecule has 1 nitrogen and oxygen atoms in total. The third kappa shape index (κ3) is 5.14. The van der Waals surface area contributed by atoms with Crippen LogP contribution in [0.4, 0.5) is 0 Å². The molecule has 0 N–H and O–H groups in total. The van der Waals surface area contributed by atoms with Gasteiger partial charge in [-0.1, -0.05) is 48.4 Å². The Bertz CT molecular complexity index is 295. The maximum Gasteiger partial charge on any atom is 0.158 e. The predicted octanol–water partition coefficient (Wildman–Crippen LogP) is 4.79.